The quantitative estimate of drug-likeness (QED) is 0.788. The average Bonchev–Trinajstić information content (AvgIpc) is 2.70. The second-order valence-corrected chi connectivity index (χ2v) is 5.77. The van der Waals surface area contributed by atoms with Crippen LogP contribution in [0.2, 0.25) is 0 Å². The maximum atomic E-state index is 5.61. The fourth-order valence-electron chi connectivity index (χ4n) is 2.78. The zero-order valence-corrected chi connectivity index (χ0v) is 11.4. The van der Waals surface area contributed by atoms with Crippen LogP contribution in [0.15, 0.2) is 0 Å². The molecule has 2 aliphatic rings. The Labute approximate surface area is 105 Å². The molecule has 0 amide bonds. The molecule has 0 aromatic rings. The van der Waals surface area contributed by atoms with Crippen molar-refractivity contribution in [3.05, 3.63) is 0 Å². The van der Waals surface area contributed by atoms with Crippen molar-refractivity contribution in [1.29, 1.82) is 0 Å². The molecule has 0 aromatic carbocycles. The van der Waals surface area contributed by atoms with Crippen molar-refractivity contribution in [3.63, 3.8) is 0 Å². The van der Waals surface area contributed by atoms with Gasteiger partial charge >= 0.3 is 0 Å². The monoisotopic (exact) mass is 242 g/mol. The predicted octanol–water partition coefficient (Wildman–Crippen LogP) is 0.722. The van der Waals surface area contributed by atoms with Crippen LogP contribution < -0.4 is 5.32 Å². The van der Waals surface area contributed by atoms with Crippen molar-refractivity contribution in [3.8, 4) is 0 Å². The van der Waals surface area contributed by atoms with E-state index in [4.69, 9.17) is 9.47 Å². The lowest BCUT2D eigenvalue weighted by Gasteiger charge is -2.43. The van der Waals surface area contributed by atoms with Gasteiger partial charge in [0.25, 0.3) is 0 Å². The minimum atomic E-state index is 0.164. The van der Waals surface area contributed by atoms with Crippen LogP contribution in [0.3, 0.4) is 0 Å². The van der Waals surface area contributed by atoms with E-state index in [9.17, 15) is 0 Å². The highest BCUT2D eigenvalue weighted by atomic mass is 16.5. The summed E-state index contributed by atoms with van der Waals surface area (Å²) in [5, 5.41) is 3.53. The topological polar surface area (TPSA) is 33.7 Å². The molecule has 17 heavy (non-hydrogen) atoms. The molecule has 2 aliphatic heterocycles. The van der Waals surface area contributed by atoms with Crippen LogP contribution in [0.25, 0.3) is 0 Å². The summed E-state index contributed by atoms with van der Waals surface area (Å²) in [4.78, 5) is 2.56. The van der Waals surface area contributed by atoms with Crippen LogP contribution in [0.4, 0.5) is 0 Å². The van der Waals surface area contributed by atoms with E-state index < -0.39 is 0 Å². The fourth-order valence-corrected chi connectivity index (χ4v) is 2.78. The maximum absolute atomic E-state index is 5.61. The van der Waals surface area contributed by atoms with E-state index in [1.165, 1.54) is 0 Å². The van der Waals surface area contributed by atoms with E-state index in [0.29, 0.717) is 12.0 Å². The lowest BCUT2D eigenvalue weighted by molar-refractivity contribution is -0.0582. The Morgan fingerprint density at radius 2 is 2.12 bits per heavy atom. The first-order valence-electron chi connectivity index (χ1n) is 6.77. The van der Waals surface area contributed by atoms with Gasteiger partial charge in [0.2, 0.25) is 0 Å². The number of hydrogen-bond acceptors (Lipinski definition) is 4. The van der Waals surface area contributed by atoms with Crippen LogP contribution in [0.5, 0.6) is 0 Å². The molecule has 1 N–H and O–H groups in total. The summed E-state index contributed by atoms with van der Waals surface area (Å²) >= 11 is 0. The molecule has 0 saturated carbocycles. The highest BCUT2D eigenvalue weighted by Gasteiger charge is 2.35. The van der Waals surface area contributed by atoms with Crippen LogP contribution >= 0.6 is 0 Å². The van der Waals surface area contributed by atoms with Gasteiger partial charge in [-0.1, -0.05) is 6.92 Å². The van der Waals surface area contributed by atoms with Crippen molar-refractivity contribution in [2.45, 2.75) is 32.4 Å². The maximum Gasteiger partial charge on any atom is 0.0645 e. The molecule has 0 spiro atoms. The lowest BCUT2D eigenvalue weighted by Crippen LogP contribution is -2.56. The van der Waals surface area contributed by atoms with Crippen LogP contribution in [-0.4, -0.2) is 62.5 Å². The van der Waals surface area contributed by atoms with Gasteiger partial charge in [-0.25, -0.2) is 0 Å². The molecule has 2 atom stereocenters. The van der Waals surface area contributed by atoms with Gasteiger partial charge in [0.15, 0.2) is 0 Å². The molecule has 4 nitrogen and oxygen atoms in total. The van der Waals surface area contributed by atoms with Gasteiger partial charge < -0.3 is 14.8 Å². The fraction of sp³-hybridized carbons (Fsp3) is 1.00. The molecular weight excluding hydrogens is 216 g/mol. The Kier molecular flexibility index (Phi) is 4.42. The number of rotatable bonds is 4. The summed E-state index contributed by atoms with van der Waals surface area (Å²) in [6.45, 7) is 13.3. The minimum absolute atomic E-state index is 0.164. The summed E-state index contributed by atoms with van der Waals surface area (Å²) in [5.41, 5.74) is 0.164. The van der Waals surface area contributed by atoms with E-state index in [-0.39, 0.29) is 5.54 Å². The van der Waals surface area contributed by atoms with Crippen molar-refractivity contribution in [2.24, 2.45) is 5.92 Å². The van der Waals surface area contributed by atoms with E-state index in [0.717, 1.165) is 46.1 Å². The Bertz CT molecular complexity index is 246. The third-order valence-electron chi connectivity index (χ3n) is 3.94. The van der Waals surface area contributed by atoms with Gasteiger partial charge in [0, 0.05) is 30.6 Å². The number of nitrogens with zero attached hydrogens (tertiary/aromatic N) is 1. The molecule has 0 aliphatic carbocycles. The van der Waals surface area contributed by atoms with Crippen molar-refractivity contribution in [1.82, 2.24) is 10.2 Å². The van der Waals surface area contributed by atoms with E-state index in [1.54, 1.807) is 0 Å². The normalized spacial score (nSPS) is 34.1. The molecule has 2 unspecified atom stereocenters. The average molecular weight is 242 g/mol. The lowest BCUT2D eigenvalue weighted by atomic mass is 9.97. The van der Waals surface area contributed by atoms with Gasteiger partial charge in [-0.05, 0) is 20.4 Å². The standard InChI is InChI=1S/C13H26N2O2/c1-4-14-12-9-17-8-11(12)7-15-5-6-16-10-13(15,2)3/h11-12,14H,4-10H2,1-3H3. The zero-order chi connectivity index (χ0) is 12.3. The van der Waals surface area contributed by atoms with Crippen LogP contribution in [0, 0.1) is 5.92 Å². The van der Waals surface area contributed by atoms with Gasteiger partial charge in [-0.3, -0.25) is 4.90 Å². The van der Waals surface area contributed by atoms with Gasteiger partial charge in [0.05, 0.1) is 26.4 Å². The number of likely N-dealkylation sites (N-methyl/N-ethyl adjacent to an activating group) is 1. The van der Waals surface area contributed by atoms with Gasteiger partial charge in [-0.15, -0.1) is 0 Å². The molecule has 4 heteroatoms. The molecule has 0 bridgehead atoms. The molecule has 2 heterocycles. The zero-order valence-electron chi connectivity index (χ0n) is 11.4. The largest absolute Gasteiger partial charge is 0.379 e. The third kappa shape index (κ3) is 3.19. The Balaban J connectivity index is 1.90. The summed E-state index contributed by atoms with van der Waals surface area (Å²) in [7, 11) is 0. The van der Waals surface area contributed by atoms with E-state index in [1.807, 2.05) is 0 Å². The number of ether oxygens (including phenoxy) is 2. The SMILES string of the molecule is CCNC1COCC1CN1CCOCC1(C)C. The Morgan fingerprint density at radius 1 is 1.29 bits per heavy atom. The first-order valence-corrected chi connectivity index (χ1v) is 6.77. The number of hydrogen-bond donors (Lipinski definition) is 1. The third-order valence-corrected chi connectivity index (χ3v) is 3.94. The first kappa shape index (κ1) is 13.3. The molecule has 2 rings (SSSR count). The first-order chi connectivity index (χ1) is 8.13. The van der Waals surface area contributed by atoms with Crippen molar-refractivity contribution >= 4 is 0 Å². The smallest absolute Gasteiger partial charge is 0.0645 e. The highest BCUT2D eigenvalue weighted by molar-refractivity contribution is 4.90. The Morgan fingerprint density at radius 3 is 2.82 bits per heavy atom. The van der Waals surface area contributed by atoms with E-state index >= 15 is 0 Å². The van der Waals surface area contributed by atoms with Crippen LogP contribution in [0.1, 0.15) is 20.8 Å². The summed E-state index contributed by atoms with van der Waals surface area (Å²) in [5.74, 6) is 0.618. The van der Waals surface area contributed by atoms with Crippen molar-refractivity contribution < 1.29 is 9.47 Å². The number of nitrogens with one attached hydrogen (secondary N) is 1. The second kappa shape index (κ2) is 5.65. The minimum Gasteiger partial charge on any atom is -0.379 e. The highest BCUT2D eigenvalue weighted by Crippen LogP contribution is 2.23. The van der Waals surface area contributed by atoms with Crippen LogP contribution in [-0.2, 0) is 9.47 Å². The molecule has 0 radical (unpaired) electrons. The van der Waals surface area contributed by atoms with Gasteiger partial charge in [-0.2, -0.15) is 0 Å². The number of morpholine rings is 1. The molecule has 2 saturated heterocycles. The molecule has 0 aromatic heterocycles. The predicted molar refractivity (Wildman–Crippen MR) is 68.2 cm³/mol. The Hall–Kier alpha value is -0.160. The molecule has 100 valence electrons. The summed E-state index contributed by atoms with van der Waals surface area (Å²) < 4.78 is 11.2. The van der Waals surface area contributed by atoms with Crippen molar-refractivity contribution in [2.75, 3.05) is 46.1 Å². The summed E-state index contributed by atoms with van der Waals surface area (Å²) in [6, 6.07) is 0.527. The van der Waals surface area contributed by atoms with Gasteiger partial charge in [0.1, 0.15) is 0 Å². The van der Waals surface area contributed by atoms with E-state index in [2.05, 4.69) is 31.0 Å². The molecular formula is C13H26N2O2. The molecule has 2 fully saturated rings. The second-order valence-electron chi connectivity index (χ2n) is 5.77. The summed E-state index contributed by atoms with van der Waals surface area (Å²) in [6.07, 6.45) is 0.